The maximum atomic E-state index is 13.7. The van der Waals surface area contributed by atoms with Crippen molar-refractivity contribution in [3.05, 3.63) is 65.8 Å². The van der Waals surface area contributed by atoms with Crippen LogP contribution in [0.15, 0.2) is 52.9 Å². The van der Waals surface area contributed by atoms with E-state index in [9.17, 15) is 9.18 Å². The molecule has 0 aliphatic carbocycles. The van der Waals surface area contributed by atoms with Gasteiger partial charge in [-0.3, -0.25) is 4.79 Å². The minimum atomic E-state index is -0.451. The Balaban J connectivity index is 1.67. The van der Waals surface area contributed by atoms with E-state index in [0.29, 0.717) is 11.3 Å². The van der Waals surface area contributed by atoms with Gasteiger partial charge in [-0.15, -0.1) is 10.2 Å². The molecule has 1 amide bonds. The van der Waals surface area contributed by atoms with Crippen molar-refractivity contribution in [3.8, 4) is 17.2 Å². The number of nitrogens with one attached hydrogen (secondary N) is 1. The number of carbonyl (C=O) groups is 1. The molecule has 3 aromatic rings. The van der Waals surface area contributed by atoms with Crippen molar-refractivity contribution in [2.75, 3.05) is 7.11 Å². The van der Waals surface area contributed by atoms with Crippen LogP contribution in [-0.4, -0.2) is 23.2 Å². The molecule has 0 saturated heterocycles. The Labute approximate surface area is 137 Å². The van der Waals surface area contributed by atoms with Crippen LogP contribution in [0.2, 0.25) is 0 Å². The van der Waals surface area contributed by atoms with E-state index >= 15 is 0 Å². The fourth-order valence-corrected chi connectivity index (χ4v) is 2.09. The van der Waals surface area contributed by atoms with Crippen LogP contribution in [0, 0.1) is 5.82 Å². The SMILES string of the molecule is COc1cccc(C(=O)NCc2nnc(-c3ccccc3F)o2)c1. The highest BCUT2D eigenvalue weighted by Crippen LogP contribution is 2.20. The molecule has 0 bridgehead atoms. The molecule has 1 N–H and O–H groups in total. The van der Waals surface area contributed by atoms with Crippen LogP contribution in [0.5, 0.6) is 5.75 Å². The minimum absolute atomic E-state index is 0.0392. The number of hydrogen-bond acceptors (Lipinski definition) is 5. The Morgan fingerprint density at radius 2 is 2.04 bits per heavy atom. The molecule has 0 fully saturated rings. The number of rotatable bonds is 5. The van der Waals surface area contributed by atoms with Crippen LogP contribution >= 0.6 is 0 Å². The van der Waals surface area contributed by atoms with Gasteiger partial charge in [0.1, 0.15) is 11.6 Å². The Morgan fingerprint density at radius 1 is 1.21 bits per heavy atom. The summed E-state index contributed by atoms with van der Waals surface area (Å²) < 4.78 is 24.1. The Bertz CT molecular complexity index is 864. The van der Waals surface area contributed by atoms with Crippen molar-refractivity contribution in [1.29, 1.82) is 0 Å². The third-order valence-corrected chi connectivity index (χ3v) is 3.30. The van der Waals surface area contributed by atoms with E-state index in [1.807, 2.05) is 0 Å². The highest BCUT2D eigenvalue weighted by atomic mass is 19.1. The number of aromatic nitrogens is 2. The molecule has 1 aromatic heterocycles. The zero-order valence-corrected chi connectivity index (χ0v) is 12.8. The number of benzene rings is 2. The number of methoxy groups -OCH3 is 1. The second kappa shape index (κ2) is 6.91. The number of carbonyl (C=O) groups excluding carboxylic acids is 1. The molecule has 6 nitrogen and oxygen atoms in total. The monoisotopic (exact) mass is 327 g/mol. The first-order valence-corrected chi connectivity index (χ1v) is 7.17. The van der Waals surface area contributed by atoms with E-state index in [1.54, 1.807) is 42.5 Å². The van der Waals surface area contributed by atoms with Crippen LogP contribution < -0.4 is 10.1 Å². The smallest absolute Gasteiger partial charge is 0.251 e. The molecular formula is C17H14FN3O3. The van der Waals surface area contributed by atoms with Gasteiger partial charge in [-0.1, -0.05) is 18.2 Å². The average molecular weight is 327 g/mol. The summed E-state index contributed by atoms with van der Waals surface area (Å²) in [4.78, 5) is 12.1. The number of hydrogen-bond donors (Lipinski definition) is 1. The zero-order chi connectivity index (χ0) is 16.9. The molecule has 0 aliphatic heterocycles. The minimum Gasteiger partial charge on any atom is -0.497 e. The van der Waals surface area contributed by atoms with Crippen molar-refractivity contribution in [2.45, 2.75) is 6.54 Å². The molecule has 0 spiro atoms. The van der Waals surface area contributed by atoms with Gasteiger partial charge in [0.25, 0.3) is 11.8 Å². The molecule has 0 saturated carbocycles. The van der Waals surface area contributed by atoms with Gasteiger partial charge in [0.15, 0.2) is 0 Å². The van der Waals surface area contributed by atoms with Gasteiger partial charge in [-0.2, -0.15) is 0 Å². The Kier molecular flexibility index (Phi) is 4.51. The maximum absolute atomic E-state index is 13.7. The van der Waals surface area contributed by atoms with Gasteiger partial charge in [0, 0.05) is 5.56 Å². The molecule has 2 aromatic carbocycles. The predicted octanol–water partition coefficient (Wildman–Crippen LogP) is 2.81. The summed E-state index contributed by atoms with van der Waals surface area (Å²) in [6.45, 7) is 0.0392. The lowest BCUT2D eigenvalue weighted by Gasteiger charge is -2.04. The van der Waals surface area contributed by atoms with E-state index in [-0.39, 0.29) is 29.8 Å². The van der Waals surface area contributed by atoms with Gasteiger partial charge < -0.3 is 14.5 Å². The third kappa shape index (κ3) is 3.40. The van der Waals surface area contributed by atoms with E-state index in [4.69, 9.17) is 9.15 Å². The lowest BCUT2D eigenvalue weighted by atomic mass is 10.2. The normalized spacial score (nSPS) is 10.4. The molecule has 122 valence electrons. The topological polar surface area (TPSA) is 77.2 Å². The summed E-state index contributed by atoms with van der Waals surface area (Å²) in [6, 6.07) is 12.8. The standard InChI is InChI=1S/C17H14FN3O3/c1-23-12-6-4-5-11(9-12)16(22)19-10-15-20-21-17(24-15)13-7-2-3-8-14(13)18/h2-9H,10H2,1H3,(H,19,22). The van der Waals surface area contributed by atoms with Gasteiger partial charge in [0.2, 0.25) is 5.89 Å². The van der Waals surface area contributed by atoms with Crippen LogP contribution in [-0.2, 0) is 6.54 Å². The molecule has 3 rings (SSSR count). The Morgan fingerprint density at radius 3 is 2.83 bits per heavy atom. The van der Waals surface area contributed by atoms with E-state index in [0.717, 1.165) is 0 Å². The molecule has 7 heteroatoms. The average Bonchev–Trinajstić information content (AvgIpc) is 3.09. The summed E-state index contributed by atoms with van der Waals surface area (Å²) in [7, 11) is 1.53. The van der Waals surface area contributed by atoms with Crippen molar-refractivity contribution < 1.29 is 18.3 Å². The van der Waals surface area contributed by atoms with Crippen LogP contribution in [0.25, 0.3) is 11.5 Å². The molecular weight excluding hydrogens is 313 g/mol. The first-order valence-electron chi connectivity index (χ1n) is 7.17. The van der Waals surface area contributed by atoms with Crippen molar-refractivity contribution >= 4 is 5.91 Å². The second-order valence-electron chi connectivity index (χ2n) is 4.90. The quantitative estimate of drug-likeness (QED) is 0.780. The van der Waals surface area contributed by atoms with Crippen LogP contribution in [0.3, 0.4) is 0 Å². The van der Waals surface area contributed by atoms with Crippen molar-refractivity contribution in [3.63, 3.8) is 0 Å². The highest BCUT2D eigenvalue weighted by molar-refractivity contribution is 5.94. The molecule has 0 aliphatic rings. The first-order chi connectivity index (χ1) is 11.7. The largest absolute Gasteiger partial charge is 0.497 e. The Hall–Kier alpha value is -3.22. The van der Waals surface area contributed by atoms with Gasteiger partial charge in [-0.05, 0) is 30.3 Å². The van der Waals surface area contributed by atoms with Crippen LogP contribution in [0.1, 0.15) is 16.2 Å². The fourth-order valence-electron chi connectivity index (χ4n) is 2.09. The maximum Gasteiger partial charge on any atom is 0.251 e. The first kappa shape index (κ1) is 15.7. The zero-order valence-electron chi connectivity index (χ0n) is 12.8. The molecule has 1 heterocycles. The molecule has 0 unspecified atom stereocenters. The molecule has 0 atom stereocenters. The summed E-state index contributed by atoms with van der Waals surface area (Å²) in [5, 5.41) is 10.3. The number of halogens is 1. The molecule has 0 radical (unpaired) electrons. The van der Waals surface area contributed by atoms with Crippen molar-refractivity contribution in [1.82, 2.24) is 15.5 Å². The summed E-state index contributed by atoms with van der Waals surface area (Å²) in [5.41, 5.74) is 0.665. The summed E-state index contributed by atoms with van der Waals surface area (Å²) in [6.07, 6.45) is 0. The predicted molar refractivity (Wildman–Crippen MR) is 83.9 cm³/mol. The second-order valence-corrected chi connectivity index (χ2v) is 4.90. The number of nitrogens with zero attached hydrogens (tertiary/aromatic N) is 2. The van der Waals surface area contributed by atoms with E-state index < -0.39 is 5.82 Å². The van der Waals surface area contributed by atoms with Gasteiger partial charge >= 0.3 is 0 Å². The van der Waals surface area contributed by atoms with Gasteiger partial charge in [-0.25, -0.2) is 4.39 Å². The summed E-state index contributed by atoms with van der Waals surface area (Å²) in [5.74, 6) is 0.0816. The van der Waals surface area contributed by atoms with Crippen molar-refractivity contribution in [2.24, 2.45) is 0 Å². The third-order valence-electron chi connectivity index (χ3n) is 3.30. The summed E-state index contributed by atoms with van der Waals surface area (Å²) >= 11 is 0. The lowest BCUT2D eigenvalue weighted by molar-refractivity contribution is 0.0947. The fraction of sp³-hybridized carbons (Fsp3) is 0.118. The lowest BCUT2D eigenvalue weighted by Crippen LogP contribution is -2.22. The van der Waals surface area contributed by atoms with E-state index in [2.05, 4.69) is 15.5 Å². The highest BCUT2D eigenvalue weighted by Gasteiger charge is 2.13. The molecule has 24 heavy (non-hydrogen) atoms. The van der Waals surface area contributed by atoms with E-state index in [1.165, 1.54) is 13.2 Å². The van der Waals surface area contributed by atoms with Crippen LogP contribution in [0.4, 0.5) is 4.39 Å². The number of amides is 1. The van der Waals surface area contributed by atoms with Gasteiger partial charge in [0.05, 0.1) is 19.2 Å². The number of ether oxygens (including phenoxy) is 1.